The van der Waals surface area contributed by atoms with Crippen molar-refractivity contribution in [1.29, 1.82) is 0 Å². The minimum Gasteiger partial charge on any atom is -0.328 e. The Morgan fingerprint density at radius 2 is 0.667 bits per heavy atom. The number of anilines is 4. The maximum atomic E-state index is 2.52. The van der Waals surface area contributed by atoms with Gasteiger partial charge in [-0.25, -0.2) is 0 Å². The predicted octanol–water partition coefficient (Wildman–Crippen LogP) is 10.8. The van der Waals surface area contributed by atoms with Crippen molar-refractivity contribution in [2.24, 2.45) is 0 Å². The average Bonchev–Trinajstić information content (AvgIpc) is 3.55. The Kier molecular flexibility index (Phi) is 8.98. The second-order valence-electron chi connectivity index (χ2n) is 14.7. The van der Waals surface area contributed by atoms with E-state index < -0.39 is 0 Å². The third kappa shape index (κ3) is 6.14. The molecular weight excluding hydrogens is 585 g/mol. The molecule has 4 aromatic carbocycles. The number of benzene rings is 4. The molecule has 0 aliphatic carbocycles. The minimum atomic E-state index is 0.837. The smallest absolute Gasteiger partial charge is 0.0995 e. The maximum absolute atomic E-state index is 2.52. The molecule has 6 rings (SSSR count). The molecule has 250 valence electrons. The quantitative estimate of drug-likeness (QED) is 0.200. The molecule has 0 fully saturated rings. The highest BCUT2D eigenvalue weighted by Gasteiger charge is 2.29. The Morgan fingerprint density at radius 1 is 0.375 bits per heavy atom. The molecule has 0 bridgehead atoms. The molecule has 48 heavy (non-hydrogen) atoms. The van der Waals surface area contributed by atoms with Crippen molar-refractivity contribution < 1.29 is 0 Å². The van der Waals surface area contributed by atoms with Crippen molar-refractivity contribution in [3.63, 3.8) is 0 Å². The number of allylic oxidation sites excluding steroid dienone is 2. The average molecular weight is 639 g/mol. The number of hydrogen-bond donors (Lipinski definition) is 0. The van der Waals surface area contributed by atoms with Gasteiger partial charge in [0.25, 0.3) is 0 Å². The van der Waals surface area contributed by atoms with Crippen LogP contribution in [0.25, 0.3) is 0 Å². The second-order valence-corrected chi connectivity index (χ2v) is 14.7. The Morgan fingerprint density at radius 3 is 1.02 bits per heavy atom. The zero-order valence-electron chi connectivity index (χ0n) is 31.4. The minimum absolute atomic E-state index is 0.837. The highest BCUT2D eigenvalue weighted by Crippen LogP contribution is 2.40. The lowest BCUT2D eigenvalue weighted by molar-refractivity contribution is 0.912. The zero-order chi connectivity index (χ0) is 34.6. The van der Waals surface area contributed by atoms with Crippen molar-refractivity contribution >= 4 is 22.7 Å². The summed E-state index contributed by atoms with van der Waals surface area (Å²) in [5.41, 5.74) is 24.2. The van der Waals surface area contributed by atoms with Gasteiger partial charge in [0.2, 0.25) is 0 Å². The van der Waals surface area contributed by atoms with Crippen LogP contribution in [0.4, 0.5) is 22.7 Å². The molecule has 0 spiro atoms. The lowest BCUT2D eigenvalue weighted by Gasteiger charge is -2.29. The first-order chi connectivity index (χ1) is 22.7. The number of nitrogens with zero attached hydrogens (tertiary/aromatic N) is 4. The maximum Gasteiger partial charge on any atom is 0.0995 e. The first kappa shape index (κ1) is 33.5. The summed E-state index contributed by atoms with van der Waals surface area (Å²) >= 11 is 0. The van der Waals surface area contributed by atoms with E-state index in [1.165, 1.54) is 101 Å². The van der Waals surface area contributed by atoms with Gasteiger partial charge in [0.1, 0.15) is 0 Å². The standard InChI is InChI=1S/C44H54N4/c1-27-17-29(3)41(30(4)18-27)45-15-16-46(25-45)42-33(7)21-39(22-34(42)8)13-14-40-23-35(9)44(36(10)24-40)48-26-47(37(11)38(48)12)43-31(5)19-28(2)20-32(43)6/h15-24H,13-14,25-26H2,1-12H3. The Hall–Kier alpha value is -4.44. The number of hydrogen-bond acceptors (Lipinski definition) is 4. The van der Waals surface area contributed by atoms with Crippen LogP contribution in [0, 0.1) is 69.2 Å². The van der Waals surface area contributed by atoms with E-state index in [4.69, 9.17) is 0 Å². The first-order valence-corrected chi connectivity index (χ1v) is 17.5. The molecule has 2 aliphatic rings. The van der Waals surface area contributed by atoms with Crippen molar-refractivity contribution in [2.45, 2.75) is 95.9 Å². The SMILES string of the molecule is CC1=C(C)N(c2c(C)cc(CCc3cc(C)c(N4C=CN(c5c(C)cc(C)cc5C)C4)c(C)c3)cc2C)CN1c1c(C)cc(C)cc1C. The van der Waals surface area contributed by atoms with Gasteiger partial charge in [0, 0.05) is 46.5 Å². The Balaban J connectivity index is 1.16. The van der Waals surface area contributed by atoms with E-state index in [1.54, 1.807) is 0 Å². The monoisotopic (exact) mass is 638 g/mol. The molecule has 0 amide bonds. The molecule has 0 radical (unpaired) electrons. The molecular formula is C44H54N4. The zero-order valence-corrected chi connectivity index (χ0v) is 31.4. The molecule has 2 aliphatic heterocycles. The lowest BCUT2D eigenvalue weighted by atomic mass is 9.96. The van der Waals surface area contributed by atoms with Crippen LogP contribution >= 0.6 is 0 Å². The molecule has 0 atom stereocenters. The van der Waals surface area contributed by atoms with Gasteiger partial charge in [-0.1, -0.05) is 59.7 Å². The van der Waals surface area contributed by atoms with Gasteiger partial charge in [-0.3, -0.25) is 0 Å². The summed E-state index contributed by atoms with van der Waals surface area (Å²) in [4.78, 5) is 9.80. The van der Waals surface area contributed by atoms with Crippen LogP contribution in [0.15, 0.2) is 72.3 Å². The summed E-state index contributed by atoms with van der Waals surface area (Å²) in [6, 6.07) is 18.8. The first-order valence-electron chi connectivity index (χ1n) is 17.5. The van der Waals surface area contributed by atoms with Crippen LogP contribution in [0.2, 0.25) is 0 Å². The summed E-state index contributed by atoms with van der Waals surface area (Å²) < 4.78 is 0. The third-order valence-electron chi connectivity index (χ3n) is 10.5. The highest BCUT2D eigenvalue weighted by atomic mass is 15.4. The van der Waals surface area contributed by atoms with Crippen LogP contribution in [-0.4, -0.2) is 13.3 Å². The molecule has 0 N–H and O–H groups in total. The summed E-state index contributed by atoms with van der Waals surface area (Å²) in [5, 5.41) is 0. The summed E-state index contributed by atoms with van der Waals surface area (Å²) in [6.07, 6.45) is 6.54. The van der Waals surface area contributed by atoms with Crippen molar-refractivity contribution in [2.75, 3.05) is 32.9 Å². The fourth-order valence-corrected chi connectivity index (χ4v) is 8.70. The van der Waals surface area contributed by atoms with Crippen LogP contribution in [-0.2, 0) is 12.8 Å². The molecule has 0 saturated heterocycles. The van der Waals surface area contributed by atoms with Gasteiger partial charge in [0.05, 0.1) is 13.3 Å². The fraction of sp³-hybridized carbons (Fsp3) is 0.364. The molecule has 0 unspecified atom stereocenters. The van der Waals surface area contributed by atoms with Gasteiger partial charge in [-0.15, -0.1) is 0 Å². The van der Waals surface area contributed by atoms with Crippen LogP contribution in [0.3, 0.4) is 0 Å². The van der Waals surface area contributed by atoms with Gasteiger partial charge < -0.3 is 19.6 Å². The van der Waals surface area contributed by atoms with Gasteiger partial charge in [0.15, 0.2) is 0 Å². The van der Waals surface area contributed by atoms with Gasteiger partial charge >= 0.3 is 0 Å². The van der Waals surface area contributed by atoms with Crippen LogP contribution < -0.4 is 19.6 Å². The normalized spacial score (nSPS) is 14.8. The number of aryl methyl sites for hydroxylation is 12. The van der Waals surface area contributed by atoms with Gasteiger partial charge in [-0.2, -0.15) is 0 Å². The topological polar surface area (TPSA) is 13.0 Å². The molecule has 4 aromatic rings. The van der Waals surface area contributed by atoms with E-state index in [2.05, 4.69) is 164 Å². The Bertz CT molecular complexity index is 1880. The van der Waals surface area contributed by atoms with Crippen LogP contribution in [0.1, 0.15) is 80.6 Å². The summed E-state index contributed by atoms with van der Waals surface area (Å²) in [6.45, 7) is 28.6. The van der Waals surface area contributed by atoms with Crippen molar-refractivity contribution in [3.05, 3.63) is 139 Å². The third-order valence-corrected chi connectivity index (χ3v) is 10.5. The summed E-state index contributed by atoms with van der Waals surface area (Å²) in [5.74, 6) is 0. The van der Waals surface area contributed by atoms with Crippen molar-refractivity contribution in [1.82, 2.24) is 0 Å². The molecule has 0 saturated carbocycles. The van der Waals surface area contributed by atoms with Crippen LogP contribution in [0.5, 0.6) is 0 Å². The van der Waals surface area contributed by atoms with Crippen molar-refractivity contribution in [3.8, 4) is 0 Å². The molecule has 2 heterocycles. The predicted molar refractivity (Wildman–Crippen MR) is 208 cm³/mol. The molecule has 4 heteroatoms. The second kappa shape index (κ2) is 12.9. The van der Waals surface area contributed by atoms with E-state index in [1.807, 2.05) is 0 Å². The van der Waals surface area contributed by atoms with Gasteiger partial charge in [-0.05, 0) is 152 Å². The number of rotatable bonds is 7. The van der Waals surface area contributed by atoms with E-state index in [-0.39, 0.29) is 0 Å². The van der Waals surface area contributed by atoms with E-state index >= 15 is 0 Å². The lowest BCUT2D eigenvalue weighted by Crippen LogP contribution is -2.29. The molecule has 0 aromatic heterocycles. The molecule has 4 nitrogen and oxygen atoms in total. The summed E-state index contributed by atoms with van der Waals surface area (Å²) in [7, 11) is 0. The highest BCUT2D eigenvalue weighted by molar-refractivity contribution is 5.73. The largest absolute Gasteiger partial charge is 0.328 e. The van der Waals surface area contributed by atoms with E-state index in [0.29, 0.717) is 0 Å². The van der Waals surface area contributed by atoms with E-state index in [0.717, 1.165) is 26.2 Å². The Labute approximate surface area is 290 Å². The van der Waals surface area contributed by atoms with E-state index in [9.17, 15) is 0 Å². The fourth-order valence-electron chi connectivity index (χ4n) is 8.70.